The number of hydrogen-bond acceptors (Lipinski definition) is 6. The molecule has 2 atom stereocenters. The molecular weight excluding hydrogens is 448 g/mol. The van der Waals surface area contributed by atoms with Gasteiger partial charge in [0.05, 0.1) is 18.8 Å². The summed E-state index contributed by atoms with van der Waals surface area (Å²) >= 11 is 0. The van der Waals surface area contributed by atoms with E-state index in [1.165, 1.54) is 0 Å². The van der Waals surface area contributed by atoms with Crippen molar-refractivity contribution in [3.05, 3.63) is 54.1 Å². The summed E-state index contributed by atoms with van der Waals surface area (Å²) in [6, 6.07) is 13.6. The van der Waals surface area contributed by atoms with Crippen LogP contribution in [0.15, 0.2) is 48.5 Å². The molecule has 0 spiro atoms. The van der Waals surface area contributed by atoms with Crippen molar-refractivity contribution in [1.82, 2.24) is 9.80 Å². The number of carbonyl (C=O) groups excluding carboxylic acids is 3. The third kappa shape index (κ3) is 5.98. The molecule has 2 aromatic rings. The SMILES string of the molecule is COc1ccccc1NC(=O)c1ccc(NC(=O)C(C)N2CCN(C(=O)C3CCCO3)CC2)cc1. The van der Waals surface area contributed by atoms with Gasteiger partial charge >= 0.3 is 0 Å². The quantitative estimate of drug-likeness (QED) is 0.632. The van der Waals surface area contributed by atoms with E-state index in [1.807, 2.05) is 24.0 Å². The second-order valence-electron chi connectivity index (χ2n) is 8.76. The summed E-state index contributed by atoms with van der Waals surface area (Å²) in [4.78, 5) is 41.9. The average Bonchev–Trinajstić information content (AvgIpc) is 3.44. The zero-order chi connectivity index (χ0) is 24.8. The Balaban J connectivity index is 1.27. The summed E-state index contributed by atoms with van der Waals surface area (Å²) in [7, 11) is 1.55. The van der Waals surface area contributed by atoms with Gasteiger partial charge in [-0.05, 0) is 56.2 Å². The fourth-order valence-electron chi connectivity index (χ4n) is 4.37. The van der Waals surface area contributed by atoms with Gasteiger partial charge in [-0.1, -0.05) is 12.1 Å². The lowest BCUT2D eigenvalue weighted by atomic mass is 10.1. The first kappa shape index (κ1) is 24.7. The number of anilines is 2. The van der Waals surface area contributed by atoms with Crippen LogP contribution in [0.2, 0.25) is 0 Å². The van der Waals surface area contributed by atoms with Gasteiger partial charge in [-0.2, -0.15) is 0 Å². The summed E-state index contributed by atoms with van der Waals surface area (Å²) in [6.45, 7) is 4.96. The van der Waals surface area contributed by atoms with E-state index < -0.39 is 0 Å². The number of carbonyl (C=O) groups is 3. The molecule has 9 heteroatoms. The van der Waals surface area contributed by atoms with Gasteiger partial charge in [0.2, 0.25) is 5.91 Å². The number of para-hydroxylation sites is 2. The Kier molecular flexibility index (Phi) is 7.99. The highest BCUT2D eigenvalue weighted by atomic mass is 16.5. The minimum Gasteiger partial charge on any atom is -0.495 e. The summed E-state index contributed by atoms with van der Waals surface area (Å²) in [5.41, 5.74) is 1.67. The van der Waals surface area contributed by atoms with Gasteiger partial charge in [0.15, 0.2) is 0 Å². The topological polar surface area (TPSA) is 100 Å². The average molecular weight is 481 g/mol. The van der Waals surface area contributed by atoms with Crippen molar-refractivity contribution in [3.63, 3.8) is 0 Å². The van der Waals surface area contributed by atoms with Gasteiger partial charge in [-0.3, -0.25) is 19.3 Å². The van der Waals surface area contributed by atoms with Crippen LogP contribution in [0.25, 0.3) is 0 Å². The molecule has 9 nitrogen and oxygen atoms in total. The minimum atomic E-state index is -0.344. The van der Waals surface area contributed by atoms with E-state index in [0.29, 0.717) is 55.5 Å². The van der Waals surface area contributed by atoms with Crippen LogP contribution in [-0.4, -0.2) is 79.6 Å². The van der Waals surface area contributed by atoms with Gasteiger partial charge in [0.25, 0.3) is 11.8 Å². The van der Waals surface area contributed by atoms with Crippen molar-refractivity contribution in [2.24, 2.45) is 0 Å². The lowest BCUT2D eigenvalue weighted by Gasteiger charge is -2.38. The van der Waals surface area contributed by atoms with Crippen LogP contribution >= 0.6 is 0 Å². The van der Waals surface area contributed by atoms with Crippen LogP contribution in [0.3, 0.4) is 0 Å². The normalized spacial score (nSPS) is 19.1. The minimum absolute atomic E-state index is 0.0640. The van der Waals surface area contributed by atoms with Crippen molar-refractivity contribution < 1.29 is 23.9 Å². The number of nitrogens with zero attached hydrogens (tertiary/aromatic N) is 2. The molecule has 2 saturated heterocycles. The van der Waals surface area contributed by atoms with E-state index in [9.17, 15) is 14.4 Å². The maximum Gasteiger partial charge on any atom is 0.255 e. The molecule has 0 bridgehead atoms. The molecule has 2 fully saturated rings. The van der Waals surface area contributed by atoms with E-state index in [4.69, 9.17) is 9.47 Å². The molecular formula is C26H32N4O5. The van der Waals surface area contributed by atoms with Crippen LogP contribution < -0.4 is 15.4 Å². The molecule has 2 N–H and O–H groups in total. The summed E-state index contributed by atoms with van der Waals surface area (Å²) in [5, 5.41) is 5.75. The van der Waals surface area contributed by atoms with Crippen molar-refractivity contribution in [1.29, 1.82) is 0 Å². The number of methoxy groups -OCH3 is 1. The molecule has 0 radical (unpaired) electrons. The fourth-order valence-corrected chi connectivity index (χ4v) is 4.37. The third-order valence-corrected chi connectivity index (χ3v) is 6.53. The zero-order valence-corrected chi connectivity index (χ0v) is 20.2. The maximum atomic E-state index is 12.8. The number of ether oxygens (including phenoxy) is 2. The Labute approximate surface area is 205 Å². The molecule has 0 aliphatic carbocycles. The molecule has 0 saturated carbocycles. The molecule has 35 heavy (non-hydrogen) atoms. The summed E-state index contributed by atoms with van der Waals surface area (Å²) in [5.74, 6) is 0.246. The predicted octanol–water partition coefficient (Wildman–Crippen LogP) is 2.60. The maximum absolute atomic E-state index is 12.8. The van der Waals surface area contributed by atoms with Gasteiger partial charge < -0.3 is 25.0 Å². The Morgan fingerprint density at radius 3 is 2.37 bits per heavy atom. The van der Waals surface area contributed by atoms with E-state index in [-0.39, 0.29) is 29.9 Å². The molecule has 2 heterocycles. The molecule has 2 unspecified atom stereocenters. The second-order valence-corrected chi connectivity index (χ2v) is 8.76. The van der Waals surface area contributed by atoms with Gasteiger partial charge in [0, 0.05) is 44.0 Å². The molecule has 2 aliphatic rings. The molecule has 4 rings (SSSR count). The molecule has 0 aromatic heterocycles. The van der Waals surface area contributed by atoms with Gasteiger partial charge in [-0.25, -0.2) is 0 Å². The smallest absolute Gasteiger partial charge is 0.255 e. The second kappa shape index (κ2) is 11.3. The molecule has 2 aliphatic heterocycles. The highest BCUT2D eigenvalue weighted by Crippen LogP contribution is 2.24. The first-order valence-corrected chi connectivity index (χ1v) is 12.0. The van der Waals surface area contributed by atoms with E-state index in [1.54, 1.807) is 43.5 Å². The van der Waals surface area contributed by atoms with Crippen LogP contribution in [0, 0.1) is 0 Å². The summed E-state index contributed by atoms with van der Waals surface area (Å²) < 4.78 is 10.8. The predicted molar refractivity (Wildman–Crippen MR) is 133 cm³/mol. The van der Waals surface area contributed by atoms with E-state index >= 15 is 0 Å². The van der Waals surface area contributed by atoms with Crippen LogP contribution in [0.1, 0.15) is 30.1 Å². The van der Waals surface area contributed by atoms with E-state index in [0.717, 1.165) is 12.8 Å². The first-order chi connectivity index (χ1) is 17.0. The molecule has 3 amide bonds. The van der Waals surface area contributed by atoms with Crippen LogP contribution in [0.5, 0.6) is 5.75 Å². The third-order valence-electron chi connectivity index (χ3n) is 6.53. The summed E-state index contributed by atoms with van der Waals surface area (Å²) in [6.07, 6.45) is 1.42. The van der Waals surface area contributed by atoms with Crippen LogP contribution in [-0.2, 0) is 14.3 Å². The molecule has 186 valence electrons. The number of nitrogens with one attached hydrogen (secondary N) is 2. The van der Waals surface area contributed by atoms with Crippen molar-refractivity contribution in [2.45, 2.75) is 31.9 Å². The first-order valence-electron chi connectivity index (χ1n) is 12.0. The fraction of sp³-hybridized carbons (Fsp3) is 0.423. The van der Waals surface area contributed by atoms with Crippen LogP contribution in [0.4, 0.5) is 11.4 Å². The van der Waals surface area contributed by atoms with Crippen molar-refractivity contribution in [3.8, 4) is 5.75 Å². The monoisotopic (exact) mass is 480 g/mol. The Morgan fingerprint density at radius 1 is 1.00 bits per heavy atom. The number of rotatable bonds is 7. The highest BCUT2D eigenvalue weighted by Gasteiger charge is 2.32. The molecule has 2 aromatic carbocycles. The van der Waals surface area contributed by atoms with Gasteiger partial charge in [-0.15, -0.1) is 0 Å². The largest absolute Gasteiger partial charge is 0.495 e. The Bertz CT molecular complexity index is 1040. The highest BCUT2D eigenvalue weighted by molar-refractivity contribution is 6.05. The van der Waals surface area contributed by atoms with E-state index in [2.05, 4.69) is 15.5 Å². The Morgan fingerprint density at radius 2 is 1.71 bits per heavy atom. The standard InChI is InChI=1S/C26H32N4O5/c1-18(29-13-15-30(16-14-29)26(33)23-8-5-17-35-23)24(31)27-20-11-9-19(10-12-20)25(32)28-21-6-3-4-7-22(21)34-2/h3-4,6-7,9-12,18,23H,5,8,13-17H2,1-2H3,(H,27,31)(H,28,32). The number of piperazine rings is 1. The van der Waals surface area contributed by atoms with Gasteiger partial charge in [0.1, 0.15) is 11.9 Å². The zero-order valence-electron chi connectivity index (χ0n) is 20.2. The Hall–Kier alpha value is -3.43. The number of benzene rings is 2. The van der Waals surface area contributed by atoms with Crippen molar-refractivity contribution >= 4 is 29.1 Å². The lowest BCUT2D eigenvalue weighted by Crippen LogP contribution is -2.55. The lowest BCUT2D eigenvalue weighted by molar-refractivity contribution is -0.143. The number of amides is 3. The number of hydrogen-bond donors (Lipinski definition) is 2. The van der Waals surface area contributed by atoms with Crippen molar-refractivity contribution in [2.75, 3.05) is 50.5 Å².